The summed E-state index contributed by atoms with van der Waals surface area (Å²) >= 11 is 0. The number of nitrogens with one attached hydrogen (secondary N) is 1. The van der Waals surface area contributed by atoms with Gasteiger partial charge in [0.15, 0.2) is 0 Å². The molecule has 1 heterocycles. The third kappa shape index (κ3) is 1.02. The van der Waals surface area contributed by atoms with Crippen molar-refractivity contribution in [3.8, 4) is 0 Å². The molecule has 1 aromatic rings. The molecule has 1 N–H and O–H groups in total. The molecule has 6 heteroatoms. The van der Waals surface area contributed by atoms with E-state index < -0.39 is 26.6 Å². The first-order valence-electron chi connectivity index (χ1n) is 3.38. The van der Waals surface area contributed by atoms with Gasteiger partial charge in [0, 0.05) is 0 Å². The Kier molecular flexibility index (Phi) is 1.44. The Morgan fingerprint density at radius 1 is 1.31 bits per heavy atom. The lowest BCUT2D eigenvalue weighted by Gasteiger charge is -1.95. The number of fused-ring (bicyclic) bond motifs is 1. The Balaban J connectivity index is 2.89. The summed E-state index contributed by atoms with van der Waals surface area (Å²) in [6.07, 6.45) is 0. The van der Waals surface area contributed by atoms with Gasteiger partial charge in [-0.1, -0.05) is 6.07 Å². The SMILES string of the molecule is O=C1NS(=O)(=O)c2c(F)cccc21. The average molecular weight is 201 g/mol. The first-order valence-corrected chi connectivity index (χ1v) is 4.86. The second-order valence-corrected chi connectivity index (χ2v) is 4.17. The van der Waals surface area contributed by atoms with E-state index in [0.29, 0.717) is 0 Å². The summed E-state index contributed by atoms with van der Waals surface area (Å²) in [5, 5.41) is 0. The summed E-state index contributed by atoms with van der Waals surface area (Å²) in [5.74, 6) is -1.69. The highest BCUT2D eigenvalue weighted by Gasteiger charge is 2.35. The van der Waals surface area contributed by atoms with Crippen molar-refractivity contribution in [2.75, 3.05) is 0 Å². The first-order chi connectivity index (χ1) is 6.02. The Morgan fingerprint density at radius 3 is 2.62 bits per heavy atom. The maximum atomic E-state index is 13.0. The molecular formula is C7H4FNO3S. The Labute approximate surface area is 73.4 Å². The molecule has 0 unspecified atom stereocenters. The fourth-order valence-electron chi connectivity index (χ4n) is 1.19. The Morgan fingerprint density at radius 2 is 2.00 bits per heavy atom. The summed E-state index contributed by atoms with van der Waals surface area (Å²) < 4.78 is 36.9. The number of halogens is 1. The fraction of sp³-hybridized carbons (Fsp3) is 0. The number of hydrogen-bond donors (Lipinski definition) is 1. The molecule has 0 spiro atoms. The van der Waals surface area contributed by atoms with Crippen molar-refractivity contribution in [3.05, 3.63) is 29.6 Å². The summed E-state index contributed by atoms with van der Waals surface area (Å²) in [6, 6.07) is 3.55. The fourth-order valence-corrected chi connectivity index (χ4v) is 2.42. The minimum absolute atomic E-state index is 0.139. The maximum Gasteiger partial charge on any atom is 0.268 e. The van der Waals surface area contributed by atoms with E-state index in [4.69, 9.17) is 0 Å². The van der Waals surface area contributed by atoms with Crippen LogP contribution in [0.15, 0.2) is 23.1 Å². The minimum atomic E-state index is -3.96. The van der Waals surface area contributed by atoms with Crippen LogP contribution in [0.2, 0.25) is 0 Å². The summed E-state index contributed by atoms with van der Waals surface area (Å²) in [5.41, 5.74) is -0.139. The zero-order chi connectivity index (χ0) is 9.64. The summed E-state index contributed by atoms with van der Waals surface area (Å²) in [7, 11) is -3.96. The molecular weight excluding hydrogens is 197 g/mol. The highest BCUT2D eigenvalue weighted by atomic mass is 32.2. The maximum absolute atomic E-state index is 13.0. The topological polar surface area (TPSA) is 63.2 Å². The highest BCUT2D eigenvalue weighted by molar-refractivity contribution is 7.90. The smallest absolute Gasteiger partial charge is 0.268 e. The van der Waals surface area contributed by atoms with Gasteiger partial charge in [0.1, 0.15) is 10.7 Å². The van der Waals surface area contributed by atoms with E-state index in [1.165, 1.54) is 12.1 Å². The summed E-state index contributed by atoms with van der Waals surface area (Å²) in [6.45, 7) is 0. The number of rotatable bonds is 0. The molecule has 1 aliphatic heterocycles. The van der Waals surface area contributed by atoms with Gasteiger partial charge in [0.05, 0.1) is 5.56 Å². The monoisotopic (exact) mass is 201 g/mol. The third-order valence-corrected chi connectivity index (χ3v) is 3.11. The Hall–Kier alpha value is -1.43. The second kappa shape index (κ2) is 2.29. The van der Waals surface area contributed by atoms with Gasteiger partial charge in [-0.3, -0.25) is 4.79 Å². The average Bonchev–Trinajstić information content (AvgIpc) is 2.24. The van der Waals surface area contributed by atoms with Crippen molar-refractivity contribution >= 4 is 15.9 Å². The molecule has 0 bridgehead atoms. The van der Waals surface area contributed by atoms with Crippen molar-refractivity contribution in [2.24, 2.45) is 0 Å². The van der Waals surface area contributed by atoms with Gasteiger partial charge >= 0.3 is 0 Å². The van der Waals surface area contributed by atoms with Gasteiger partial charge in [0.25, 0.3) is 15.9 Å². The van der Waals surface area contributed by atoms with Crippen LogP contribution >= 0.6 is 0 Å². The number of hydrogen-bond acceptors (Lipinski definition) is 3. The van der Waals surface area contributed by atoms with Crippen molar-refractivity contribution in [1.82, 2.24) is 4.72 Å². The van der Waals surface area contributed by atoms with Gasteiger partial charge in [-0.2, -0.15) is 0 Å². The molecule has 1 aromatic carbocycles. The molecule has 1 aliphatic rings. The minimum Gasteiger partial charge on any atom is -0.268 e. The van der Waals surface area contributed by atoms with Gasteiger partial charge in [-0.25, -0.2) is 17.5 Å². The standard InChI is InChI=1S/C7H4FNO3S/c8-5-3-1-2-4-6(5)13(11,12)9-7(4)10/h1-3H,(H,9,10). The van der Waals surface area contributed by atoms with E-state index in [1.54, 1.807) is 4.72 Å². The van der Waals surface area contributed by atoms with E-state index in [2.05, 4.69) is 0 Å². The van der Waals surface area contributed by atoms with Crippen molar-refractivity contribution in [1.29, 1.82) is 0 Å². The molecule has 2 rings (SSSR count). The van der Waals surface area contributed by atoms with Crippen LogP contribution in [-0.2, 0) is 10.0 Å². The number of amides is 1. The van der Waals surface area contributed by atoms with Crippen LogP contribution in [-0.4, -0.2) is 14.3 Å². The quantitative estimate of drug-likeness (QED) is 0.654. The Bertz CT molecular complexity index is 494. The van der Waals surface area contributed by atoms with E-state index in [-0.39, 0.29) is 5.56 Å². The third-order valence-electron chi connectivity index (χ3n) is 1.71. The molecule has 4 nitrogen and oxygen atoms in total. The molecule has 68 valence electrons. The van der Waals surface area contributed by atoms with Gasteiger partial charge in [-0.15, -0.1) is 0 Å². The summed E-state index contributed by atoms with van der Waals surface area (Å²) in [4.78, 5) is 10.4. The molecule has 0 aliphatic carbocycles. The number of carbonyl (C=O) groups is 1. The van der Waals surface area contributed by atoms with Crippen LogP contribution in [0.5, 0.6) is 0 Å². The molecule has 1 amide bonds. The van der Waals surface area contributed by atoms with Crippen molar-refractivity contribution < 1.29 is 17.6 Å². The normalized spacial score (nSPS) is 18.1. The lowest BCUT2D eigenvalue weighted by molar-refractivity contribution is 0.0984. The number of sulfonamides is 1. The first kappa shape index (κ1) is 8.18. The van der Waals surface area contributed by atoms with Crippen molar-refractivity contribution in [2.45, 2.75) is 4.90 Å². The number of benzene rings is 1. The van der Waals surface area contributed by atoms with E-state index in [1.807, 2.05) is 0 Å². The predicted octanol–water partition coefficient (Wildman–Crippen LogP) is 0.258. The van der Waals surface area contributed by atoms with Crippen LogP contribution in [0, 0.1) is 5.82 Å². The number of carbonyl (C=O) groups excluding carboxylic acids is 1. The zero-order valence-corrected chi connectivity index (χ0v) is 7.06. The lowest BCUT2D eigenvalue weighted by Crippen LogP contribution is -2.21. The second-order valence-electron chi connectivity index (χ2n) is 2.55. The van der Waals surface area contributed by atoms with Gasteiger partial charge in [0.2, 0.25) is 0 Å². The largest absolute Gasteiger partial charge is 0.268 e. The molecule has 0 saturated carbocycles. The van der Waals surface area contributed by atoms with E-state index in [0.717, 1.165) is 6.07 Å². The molecule has 0 aromatic heterocycles. The molecule has 0 radical (unpaired) electrons. The highest BCUT2D eigenvalue weighted by Crippen LogP contribution is 2.24. The van der Waals surface area contributed by atoms with Gasteiger partial charge < -0.3 is 0 Å². The molecule has 13 heavy (non-hydrogen) atoms. The van der Waals surface area contributed by atoms with Gasteiger partial charge in [-0.05, 0) is 12.1 Å². The van der Waals surface area contributed by atoms with E-state index >= 15 is 0 Å². The van der Waals surface area contributed by atoms with Crippen molar-refractivity contribution in [3.63, 3.8) is 0 Å². The lowest BCUT2D eigenvalue weighted by atomic mass is 10.2. The molecule has 0 atom stereocenters. The molecule has 0 saturated heterocycles. The zero-order valence-electron chi connectivity index (χ0n) is 6.24. The van der Waals surface area contributed by atoms with Crippen LogP contribution < -0.4 is 4.72 Å². The molecule has 0 fully saturated rings. The van der Waals surface area contributed by atoms with Crippen LogP contribution in [0.4, 0.5) is 4.39 Å². The predicted molar refractivity (Wildman–Crippen MR) is 41.1 cm³/mol. The van der Waals surface area contributed by atoms with Crippen LogP contribution in [0.3, 0.4) is 0 Å². The van der Waals surface area contributed by atoms with Crippen LogP contribution in [0.1, 0.15) is 10.4 Å². The van der Waals surface area contributed by atoms with E-state index in [9.17, 15) is 17.6 Å². The van der Waals surface area contributed by atoms with Crippen LogP contribution in [0.25, 0.3) is 0 Å².